The number of nitrogens with zero attached hydrogens (tertiary/aromatic N) is 2. The van der Waals surface area contributed by atoms with Crippen LogP contribution in [-0.4, -0.2) is 23.8 Å². The van der Waals surface area contributed by atoms with Gasteiger partial charge in [-0.1, -0.05) is 41.7 Å². The second-order valence-corrected chi connectivity index (χ2v) is 8.84. The van der Waals surface area contributed by atoms with Gasteiger partial charge in [0.2, 0.25) is 0 Å². The number of hydrogen-bond donors (Lipinski definition) is 0. The predicted molar refractivity (Wildman–Crippen MR) is 124 cm³/mol. The van der Waals surface area contributed by atoms with Crippen LogP contribution in [0.25, 0.3) is 6.08 Å². The van der Waals surface area contributed by atoms with Gasteiger partial charge in [-0.2, -0.15) is 0 Å². The Morgan fingerprint density at radius 1 is 1.18 bits per heavy atom. The van der Waals surface area contributed by atoms with Gasteiger partial charge in [0.15, 0.2) is 4.80 Å². The second kappa shape index (κ2) is 9.15. The molecule has 0 spiro atoms. The molecule has 0 bridgehead atoms. The molecule has 6 nitrogen and oxygen atoms in total. The predicted octanol–water partition coefficient (Wildman–Crippen LogP) is 3.33. The summed E-state index contributed by atoms with van der Waals surface area (Å²) in [7, 11) is 1.57. The molecule has 1 aliphatic rings. The van der Waals surface area contributed by atoms with Crippen molar-refractivity contribution in [3.63, 3.8) is 0 Å². The van der Waals surface area contributed by atoms with Crippen molar-refractivity contribution in [2.75, 3.05) is 7.11 Å². The lowest BCUT2D eigenvalue weighted by atomic mass is 9.96. The zero-order chi connectivity index (χ0) is 23.7. The van der Waals surface area contributed by atoms with E-state index in [1.807, 2.05) is 0 Å². The number of hydrogen-bond acceptors (Lipinski definition) is 6. The van der Waals surface area contributed by atoms with Gasteiger partial charge >= 0.3 is 5.97 Å². The van der Waals surface area contributed by atoms with Crippen LogP contribution < -0.4 is 19.6 Å². The van der Waals surface area contributed by atoms with E-state index in [-0.39, 0.29) is 11.7 Å². The van der Waals surface area contributed by atoms with E-state index in [1.54, 1.807) is 70.3 Å². The molecule has 33 heavy (non-hydrogen) atoms. The number of methoxy groups -OCH3 is 1. The summed E-state index contributed by atoms with van der Waals surface area (Å²) < 4.78 is 26.7. The normalized spacial score (nSPS) is 15.9. The average Bonchev–Trinajstić information content (AvgIpc) is 3.08. The van der Waals surface area contributed by atoms with Gasteiger partial charge in [-0.3, -0.25) is 9.36 Å². The molecule has 4 rings (SSSR count). The molecule has 1 aromatic heterocycles. The number of rotatable bonds is 5. The number of thiazole rings is 1. The highest BCUT2D eigenvalue weighted by Gasteiger charge is 2.33. The number of halogens is 1. The molecule has 0 amide bonds. The quantitative estimate of drug-likeness (QED) is 0.541. The van der Waals surface area contributed by atoms with Crippen molar-refractivity contribution in [3.05, 3.63) is 96.4 Å². The van der Waals surface area contributed by atoms with Crippen LogP contribution in [0.4, 0.5) is 4.39 Å². The number of ether oxygens (including phenoxy) is 2. The molecule has 2 heterocycles. The van der Waals surface area contributed by atoms with Crippen molar-refractivity contribution < 1.29 is 18.7 Å². The summed E-state index contributed by atoms with van der Waals surface area (Å²) in [6, 6.07) is 12.7. The number of aromatic nitrogens is 1. The summed E-state index contributed by atoms with van der Waals surface area (Å²) in [4.78, 5) is 31.5. The van der Waals surface area contributed by atoms with Crippen molar-refractivity contribution in [1.29, 1.82) is 0 Å². The Kier molecular flexibility index (Phi) is 6.29. The highest BCUT2D eigenvalue weighted by molar-refractivity contribution is 7.07. The van der Waals surface area contributed by atoms with Crippen LogP contribution in [0.1, 0.15) is 37.9 Å². The zero-order valence-electron chi connectivity index (χ0n) is 18.7. The Balaban J connectivity index is 1.95. The van der Waals surface area contributed by atoms with Crippen molar-refractivity contribution in [3.8, 4) is 5.75 Å². The van der Waals surface area contributed by atoms with Gasteiger partial charge < -0.3 is 9.47 Å². The molecule has 0 fully saturated rings. The van der Waals surface area contributed by atoms with Crippen LogP contribution >= 0.6 is 11.3 Å². The van der Waals surface area contributed by atoms with Crippen molar-refractivity contribution in [2.24, 2.45) is 4.99 Å². The van der Waals surface area contributed by atoms with Crippen molar-refractivity contribution in [2.45, 2.75) is 32.9 Å². The fourth-order valence-electron chi connectivity index (χ4n) is 3.70. The van der Waals surface area contributed by atoms with E-state index in [2.05, 4.69) is 4.99 Å². The van der Waals surface area contributed by atoms with E-state index in [4.69, 9.17) is 9.47 Å². The summed E-state index contributed by atoms with van der Waals surface area (Å²) in [5, 5.41) is 0. The Bertz CT molecular complexity index is 1420. The summed E-state index contributed by atoms with van der Waals surface area (Å²) in [6.07, 6.45) is 1.18. The Labute approximate surface area is 193 Å². The third-order valence-electron chi connectivity index (χ3n) is 5.21. The molecule has 3 aromatic rings. The molecule has 2 aromatic carbocycles. The van der Waals surface area contributed by atoms with Gasteiger partial charge in [-0.25, -0.2) is 14.2 Å². The molecule has 0 radical (unpaired) electrons. The molecule has 0 aliphatic carbocycles. The number of carbonyl (C=O) groups excluding carboxylic acids is 1. The minimum Gasteiger partial charge on any atom is -0.497 e. The molecule has 8 heteroatoms. The van der Waals surface area contributed by atoms with E-state index in [0.29, 0.717) is 37.5 Å². The lowest BCUT2D eigenvalue weighted by molar-refractivity contribution is -0.143. The Morgan fingerprint density at radius 2 is 1.88 bits per heavy atom. The summed E-state index contributed by atoms with van der Waals surface area (Å²) in [6.45, 7) is 5.25. The van der Waals surface area contributed by atoms with Crippen LogP contribution in [-0.2, 0) is 9.53 Å². The molecular weight excluding hydrogens is 443 g/mol. The summed E-state index contributed by atoms with van der Waals surface area (Å²) in [5.41, 5.74) is 1.42. The standard InChI is InChI=1S/C25H23FN2O4S/c1-14(2)32-24(30)21-15(3)27-25-28(22(21)16-9-11-18(31-4)12-10-16)23(29)20(33-25)13-17-7-5-6-8-19(17)26/h5-14,22H,1-4H3/b20-13+/t22-/m1/s1. The van der Waals surface area contributed by atoms with Gasteiger partial charge in [0.1, 0.15) is 11.6 Å². The number of allylic oxidation sites excluding steroid dienone is 1. The Morgan fingerprint density at radius 3 is 2.52 bits per heavy atom. The maximum atomic E-state index is 14.2. The average molecular weight is 467 g/mol. The molecular formula is C25H23FN2O4S. The van der Waals surface area contributed by atoms with Crippen LogP contribution in [0.5, 0.6) is 5.75 Å². The maximum Gasteiger partial charge on any atom is 0.338 e. The van der Waals surface area contributed by atoms with E-state index in [9.17, 15) is 14.0 Å². The van der Waals surface area contributed by atoms with Gasteiger partial charge in [0.25, 0.3) is 5.56 Å². The smallest absolute Gasteiger partial charge is 0.338 e. The van der Waals surface area contributed by atoms with Crippen LogP contribution in [0.15, 0.2) is 69.6 Å². The first-order valence-electron chi connectivity index (χ1n) is 10.4. The lowest BCUT2D eigenvalue weighted by Gasteiger charge is -2.25. The highest BCUT2D eigenvalue weighted by Crippen LogP contribution is 2.31. The minimum atomic E-state index is -0.735. The number of carbonyl (C=O) groups is 1. The summed E-state index contributed by atoms with van der Waals surface area (Å²) >= 11 is 1.15. The van der Waals surface area contributed by atoms with E-state index in [0.717, 1.165) is 11.3 Å². The van der Waals surface area contributed by atoms with Gasteiger partial charge in [0, 0.05) is 5.56 Å². The van der Waals surface area contributed by atoms with Gasteiger partial charge in [-0.15, -0.1) is 0 Å². The van der Waals surface area contributed by atoms with Crippen LogP contribution in [0.2, 0.25) is 0 Å². The molecule has 1 aliphatic heterocycles. The van der Waals surface area contributed by atoms with Gasteiger partial charge in [0.05, 0.1) is 35.1 Å². The van der Waals surface area contributed by atoms with E-state index < -0.39 is 17.8 Å². The molecule has 0 saturated heterocycles. The van der Waals surface area contributed by atoms with E-state index in [1.165, 1.54) is 16.7 Å². The first-order valence-corrected chi connectivity index (χ1v) is 11.2. The number of esters is 1. The van der Waals surface area contributed by atoms with Crippen molar-refractivity contribution >= 4 is 23.4 Å². The third kappa shape index (κ3) is 4.39. The molecule has 170 valence electrons. The number of fused-ring (bicyclic) bond motifs is 1. The maximum absolute atomic E-state index is 14.2. The Hall–Kier alpha value is -3.52. The lowest BCUT2D eigenvalue weighted by Crippen LogP contribution is -2.40. The fourth-order valence-corrected chi connectivity index (χ4v) is 4.73. The zero-order valence-corrected chi connectivity index (χ0v) is 19.5. The molecule has 0 unspecified atom stereocenters. The van der Waals surface area contributed by atoms with E-state index >= 15 is 0 Å². The largest absolute Gasteiger partial charge is 0.497 e. The first-order chi connectivity index (χ1) is 15.8. The monoisotopic (exact) mass is 466 g/mol. The molecule has 1 atom stereocenters. The van der Waals surface area contributed by atoms with Gasteiger partial charge in [-0.05, 0) is 50.6 Å². The number of benzene rings is 2. The first kappa shape index (κ1) is 22.7. The topological polar surface area (TPSA) is 69.9 Å². The van der Waals surface area contributed by atoms with Crippen LogP contribution in [0.3, 0.4) is 0 Å². The molecule has 0 saturated carbocycles. The highest BCUT2D eigenvalue weighted by atomic mass is 32.1. The fraction of sp³-hybridized carbons (Fsp3) is 0.240. The minimum absolute atomic E-state index is 0.290. The van der Waals surface area contributed by atoms with Crippen LogP contribution in [0, 0.1) is 5.82 Å². The third-order valence-corrected chi connectivity index (χ3v) is 6.19. The molecule has 0 N–H and O–H groups in total. The summed E-state index contributed by atoms with van der Waals surface area (Å²) in [5.74, 6) is -0.305. The second-order valence-electron chi connectivity index (χ2n) is 7.83. The SMILES string of the molecule is COc1ccc([C@@H]2C(C(=O)OC(C)C)=C(C)N=c3s/c(=C/c4ccccc4F)c(=O)n32)cc1. The van der Waals surface area contributed by atoms with Crippen molar-refractivity contribution in [1.82, 2.24) is 4.57 Å².